The lowest BCUT2D eigenvalue weighted by Crippen LogP contribution is -2.13. The smallest absolute Gasteiger partial charge is 0.0537 e. The van der Waals surface area contributed by atoms with E-state index in [-0.39, 0.29) is 6.04 Å². The summed E-state index contributed by atoms with van der Waals surface area (Å²) in [5.74, 6) is 0. The minimum atomic E-state index is -0.0600. The molecule has 0 saturated heterocycles. The summed E-state index contributed by atoms with van der Waals surface area (Å²) in [7, 11) is 0. The van der Waals surface area contributed by atoms with E-state index in [1.165, 1.54) is 0 Å². The van der Waals surface area contributed by atoms with E-state index in [4.69, 9.17) is 17.3 Å². The third kappa shape index (κ3) is 2.87. The Morgan fingerprint density at radius 2 is 2.18 bits per heavy atom. The molecule has 2 aromatic rings. The molecule has 0 bridgehead atoms. The van der Waals surface area contributed by atoms with Crippen LogP contribution in [0.3, 0.4) is 0 Å². The molecular weight excluding hydrogens is 234 g/mol. The molecular formula is C13H16ClN3. The summed E-state index contributed by atoms with van der Waals surface area (Å²) in [5, 5.41) is 4.99. The first kappa shape index (κ1) is 12.1. The van der Waals surface area contributed by atoms with Gasteiger partial charge in [0.15, 0.2) is 0 Å². The number of halogens is 1. The molecule has 1 heterocycles. The van der Waals surface area contributed by atoms with Gasteiger partial charge in [0.25, 0.3) is 0 Å². The molecule has 4 heteroatoms. The maximum atomic E-state index is 6.15. The number of aryl methyl sites for hydroxylation is 1. The van der Waals surface area contributed by atoms with Crippen molar-refractivity contribution in [2.24, 2.45) is 5.73 Å². The molecule has 17 heavy (non-hydrogen) atoms. The number of nitrogens with two attached hydrogens (primary N) is 1. The normalized spacial score (nSPS) is 12.6. The van der Waals surface area contributed by atoms with Crippen LogP contribution in [-0.4, -0.2) is 9.78 Å². The fourth-order valence-corrected chi connectivity index (χ4v) is 1.98. The molecule has 1 aromatic carbocycles. The molecule has 0 saturated carbocycles. The number of hydrogen-bond acceptors (Lipinski definition) is 2. The summed E-state index contributed by atoms with van der Waals surface area (Å²) in [6.45, 7) is 2.91. The molecule has 0 amide bonds. The van der Waals surface area contributed by atoms with Gasteiger partial charge in [-0.15, -0.1) is 0 Å². The van der Waals surface area contributed by atoms with Crippen molar-refractivity contribution in [3.63, 3.8) is 0 Å². The molecule has 3 nitrogen and oxygen atoms in total. The van der Waals surface area contributed by atoms with Gasteiger partial charge in [0.05, 0.1) is 6.20 Å². The molecule has 0 spiro atoms. The summed E-state index contributed by atoms with van der Waals surface area (Å²) in [5.41, 5.74) is 8.27. The SMILES string of the molecule is CCn1cc(C(N)Cc2ccccc2Cl)cn1. The van der Waals surface area contributed by atoms with Crippen molar-refractivity contribution < 1.29 is 0 Å². The first-order valence-electron chi connectivity index (χ1n) is 5.72. The molecule has 1 atom stereocenters. The Morgan fingerprint density at radius 3 is 2.82 bits per heavy atom. The van der Waals surface area contributed by atoms with Gasteiger partial charge < -0.3 is 5.73 Å². The number of hydrogen-bond donors (Lipinski definition) is 1. The minimum absolute atomic E-state index is 0.0600. The van der Waals surface area contributed by atoms with Gasteiger partial charge in [-0.25, -0.2) is 0 Å². The van der Waals surface area contributed by atoms with Gasteiger partial charge in [0.1, 0.15) is 0 Å². The molecule has 2 rings (SSSR count). The maximum Gasteiger partial charge on any atom is 0.0537 e. The molecule has 0 fully saturated rings. The second kappa shape index (κ2) is 5.34. The van der Waals surface area contributed by atoms with E-state index >= 15 is 0 Å². The molecule has 0 aliphatic rings. The van der Waals surface area contributed by atoms with E-state index in [2.05, 4.69) is 12.0 Å². The highest BCUT2D eigenvalue weighted by Gasteiger charge is 2.11. The zero-order chi connectivity index (χ0) is 12.3. The van der Waals surface area contributed by atoms with Crippen LogP contribution in [0, 0.1) is 0 Å². The highest BCUT2D eigenvalue weighted by molar-refractivity contribution is 6.31. The number of aromatic nitrogens is 2. The standard InChI is InChI=1S/C13H16ClN3/c1-2-17-9-11(8-16-17)13(15)7-10-5-3-4-6-12(10)14/h3-6,8-9,13H,2,7,15H2,1H3. The van der Waals surface area contributed by atoms with Crippen LogP contribution in [0.5, 0.6) is 0 Å². The molecule has 90 valence electrons. The Morgan fingerprint density at radius 1 is 1.41 bits per heavy atom. The van der Waals surface area contributed by atoms with E-state index in [0.29, 0.717) is 0 Å². The van der Waals surface area contributed by atoms with Crippen molar-refractivity contribution >= 4 is 11.6 Å². The maximum absolute atomic E-state index is 6.15. The Bertz CT molecular complexity index is 493. The highest BCUT2D eigenvalue weighted by atomic mass is 35.5. The minimum Gasteiger partial charge on any atom is -0.324 e. The average molecular weight is 250 g/mol. The zero-order valence-corrected chi connectivity index (χ0v) is 10.6. The molecule has 1 aromatic heterocycles. The van der Waals surface area contributed by atoms with E-state index in [0.717, 1.165) is 29.1 Å². The largest absolute Gasteiger partial charge is 0.324 e. The summed E-state index contributed by atoms with van der Waals surface area (Å²) >= 11 is 6.11. The predicted octanol–water partition coefficient (Wildman–Crippen LogP) is 2.80. The summed E-state index contributed by atoms with van der Waals surface area (Å²) in [6.07, 6.45) is 4.54. The molecule has 1 unspecified atom stereocenters. The van der Waals surface area contributed by atoms with Crippen LogP contribution < -0.4 is 5.73 Å². The second-order valence-corrected chi connectivity index (χ2v) is 4.44. The first-order valence-corrected chi connectivity index (χ1v) is 6.10. The van der Waals surface area contributed by atoms with Gasteiger partial charge >= 0.3 is 0 Å². The lowest BCUT2D eigenvalue weighted by molar-refractivity contribution is 0.655. The monoisotopic (exact) mass is 249 g/mol. The Balaban J connectivity index is 2.11. The van der Waals surface area contributed by atoms with E-state index in [1.807, 2.05) is 41.3 Å². The average Bonchev–Trinajstić information content (AvgIpc) is 2.81. The van der Waals surface area contributed by atoms with Crippen LogP contribution in [-0.2, 0) is 13.0 Å². The third-order valence-electron chi connectivity index (χ3n) is 2.80. The van der Waals surface area contributed by atoms with Crippen LogP contribution in [0.4, 0.5) is 0 Å². The van der Waals surface area contributed by atoms with Crippen LogP contribution in [0.2, 0.25) is 5.02 Å². The quantitative estimate of drug-likeness (QED) is 0.906. The number of rotatable bonds is 4. The third-order valence-corrected chi connectivity index (χ3v) is 3.17. The van der Waals surface area contributed by atoms with Crippen LogP contribution in [0.15, 0.2) is 36.7 Å². The summed E-state index contributed by atoms with van der Waals surface area (Å²) in [4.78, 5) is 0. The second-order valence-electron chi connectivity index (χ2n) is 4.03. The molecule has 2 N–H and O–H groups in total. The van der Waals surface area contributed by atoms with Gasteiger partial charge in [-0.05, 0) is 25.0 Å². The zero-order valence-electron chi connectivity index (χ0n) is 9.81. The van der Waals surface area contributed by atoms with Crippen LogP contribution in [0.25, 0.3) is 0 Å². The first-order chi connectivity index (χ1) is 8.20. The van der Waals surface area contributed by atoms with Crippen molar-refractivity contribution in [2.45, 2.75) is 25.9 Å². The van der Waals surface area contributed by atoms with Gasteiger partial charge in [-0.3, -0.25) is 4.68 Å². The Kier molecular flexibility index (Phi) is 3.82. The van der Waals surface area contributed by atoms with Gasteiger partial charge in [0, 0.05) is 29.4 Å². The molecule has 0 aliphatic heterocycles. The van der Waals surface area contributed by atoms with Gasteiger partial charge in [-0.1, -0.05) is 29.8 Å². The van der Waals surface area contributed by atoms with Crippen LogP contribution >= 0.6 is 11.6 Å². The van der Waals surface area contributed by atoms with E-state index in [9.17, 15) is 0 Å². The molecule has 0 aliphatic carbocycles. The van der Waals surface area contributed by atoms with Crippen molar-refractivity contribution in [1.82, 2.24) is 9.78 Å². The fourth-order valence-electron chi connectivity index (χ4n) is 1.76. The fraction of sp³-hybridized carbons (Fsp3) is 0.308. The topological polar surface area (TPSA) is 43.8 Å². The molecule has 0 radical (unpaired) electrons. The predicted molar refractivity (Wildman–Crippen MR) is 70.0 cm³/mol. The lowest BCUT2D eigenvalue weighted by atomic mass is 10.0. The van der Waals surface area contributed by atoms with Gasteiger partial charge in [-0.2, -0.15) is 5.10 Å². The van der Waals surface area contributed by atoms with E-state index in [1.54, 1.807) is 0 Å². The van der Waals surface area contributed by atoms with Crippen molar-refractivity contribution in [2.75, 3.05) is 0 Å². The summed E-state index contributed by atoms with van der Waals surface area (Å²) < 4.78 is 1.88. The summed E-state index contributed by atoms with van der Waals surface area (Å²) in [6, 6.07) is 7.73. The van der Waals surface area contributed by atoms with Crippen molar-refractivity contribution in [3.05, 3.63) is 52.8 Å². The van der Waals surface area contributed by atoms with Crippen LogP contribution in [0.1, 0.15) is 24.1 Å². The van der Waals surface area contributed by atoms with Crippen molar-refractivity contribution in [3.8, 4) is 0 Å². The van der Waals surface area contributed by atoms with Gasteiger partial charge in [0.2, 0.25) is 0 Å². The van der Waals surface area contributed by atoms with E-state index < -0.39 is 0 Å². The Hall–Kier alpha value is -1.32. The highest BCUT2D eigenvalue weighted by Crippen LogP contribution is 2.21. The Labute approximate surface area is 106 Å². The number of benzene rings is 1. The van der Waals surface area contributed by atoms with Crippen molar-refractivity contribution in [1.29, 1.82) is 0 Å². The number of nitrogens with zero attached hydrogens (tertiary/aromatic N) is 2. The lowest BCUT2D eigenvalue weighted by Gasteiger charge is -2.10.